The fourth-order valence-corrected chi connectivity index (χ4v) is 5.00. The summed E-state index contributed by atoms with van der Waals surface area (Å²) in [6.07, 6.45) is 4.55. The number of nitrogens with zero attached hydrogens (tertiary/aromatic N) is 4. The molecule has 4 aromatic rings. The van der Waals surface area contributed by atoms with Crippen molar-refractivity contribution in [2.24, 2.45) is 0 Å². The van der Waals surface area contributed by atoms with E-state index in [9.17, 15) is 9.59 Å². The molecule has 0 saturated carbocycles. The molecule has 0 bridgehead atoms. The van der Waals surface area contributed by atoms with Gasteiger partial charge in [-0.25, -0.2) is 9.59 Å². The number of benzene rings is 2. The Bertz CT molecular complexity index is 1420. The second-order valence-electron chi connectivity index (χ2n) is 9.39. The van der Waals surface area contributed by atoms with Crippen molar-refractivity contribution in [1.82, 2.24) is 19.6 Å². The number of carbonyl (C=O) groups is 2. The molecule has 12 heteroatoms. The molecular formula is C28H33LiN4O7. The van der Waals surface area contributed by atoms with Crippen molar-refractivity contribution in [2.45, 2.75) is 57.9 Å². The van der Waals surface area contributed by atoms with Gasteiger partial charge in [0.1, 0.15) is 0 Å². The molecular weight excluding hydrogens is 511 g/mol. The van der Waals surface area contributed by atoms with E-state index in [2.05, 4.69) is 10.2 Å². The van der Waals surface area contributed by atoms with Crippen molar-refractivity contribution in [1.29, 1.82) is 0 Å². The maximum atomic E-state index is 12.0. The molecule has 40 heavy (non-hydrogen) atoms. The van der Waals surface area contributed by atoms with Gasteiger partial charge in [-0.3, -0.25) is 9.36 Å². The topological polar surface area (TPSA) is 148 Å². The van der Waals surface area contributed by atoms with Crippen molar-refractivity contribution < 1.29 is 53.2 Å². The number of carboxylic acid groups (broad SMARTS) is 1. The number of hydrogen-bond donors (Lipinski definition) is 1. The Morgan fingerprint density at radius 1 is 0.875 bits per heavy atom. The van der Waals surface area contributed by atoms with Crippen LogP contribution in [-0.2, 0) is 27.3 Å². The number of rotatable bonds is 7. The van der Waals surface area contributed by atoms with E-state index in [4.69, 9.17) is 19.3 Å². The van der Waals surface area contributed by atoms with E-state index in [0.29, 0.717) is 30.8 Å². The first-order valence-corrected chi connectivity index (χ1v) is 13.1. The van der Waals surface area contributed by atoms with Crippen LogP contribution in [0.2, 0.25) is 0 Å². The third-order valence-electron chi connectivity index (χ3n) is 6.79. The number of ether oxygens (including phenoxy) is 3. The Labute approximate surface area is 243 Å². The van der Waals surface area contributed by atoms with Gasteiger partial charge in [-0.1, -0.05) is 36.4 Å². The minimum absolute atomic E-state index is 0. The van der Waals surface area contributed by atoms with Gasteiger partial charge in [-0.05, 0) is 44.7 Å². The van der Waals surface area contributed by atoms with Crippen LogP contribution >= 0.6 is 0 Å². The van der Waals surface area contributed by atoms with Crippen molar-refractivity contribution in [2.75, 3.05) is 19.8 Å². The zero-order valence-corrected chi connectivity index (χ0v) is 22.9. The predicted octanol–water partition coefficient (Wildman–Crippen LogP) is 1.13. The number of aromatic carboxylic acids is 1. The molecule has 2 N–H and O–H groups in total. The number of hydrogen-bond acceptors (Lipinski definition) is 8. The van der Waals surface area contributed by atoms with Crippen LogP contribution in [0.4, 0.5) is 0 Å². The molecule has 11 nitrogen and oxygen atoms in total. The average Bonchev–Trinajstić information content (AvgIpc) is 3.73. The van der Waals surface area contributed by atoms with Gasteiger partial charge < -0.3 is 24.8 Å². The Morgan fingerprint density at radius 2 is 1.35 bits per heavy atom. The molecule has 2 fully saturated rings. The SMILES string of the molecule is CCOC(=O)c1nn(CC2CCCO2)c2ccccc12.O=C(O)c1nn(CC2CCCO2)c2ccccc12.[Li+].[OH-]. The molecule has 2 aliphatic rings. The quantitative estimate of drug-likeness (QED) is 0.267. The number of para-hydroxylation sites is 2. The minimum atomic E-state index is -0.989. The van der Waals surface area contributed by atoms with Gasteiger partial charge in [-0.2, -0.15) is 10.2 Å². The molecule has 0 spiro atoms. The summed E-state index contributed by atoms with van der Waals surface area (Å²) in [7, 11) is 0. The van der Waals surface area contributed by atoms with Gasteiger partial charge in [0, 0.05) is 24.0 Å². The third kappa shape index (κ3) is 6.92. The Balaban J connectivity index is 0.000000211. The van der Waals surface area contributed by atoms with Gasteiger partial charge in [-0.15, -0.1) is 0 Å². The molecule has 0 amide bonds. The first kappa shape index (κ1) is 31.3. The van der Waals surface area contributed by atoms with Gasteiger partial charge in [0.2, 0.25) is 0 Å². The van der Waals surface area contributed by atoms with E-state index in [1.807, 2.05) is 47.1 Å². The number of aromatic nitrogens is 4. The second-order valence-corrected chi connectivity index (χ2v) is 9.39. The van der Waals surface area contributed by atoms with Crippen molar-refractivity contribution in [3.63, 3.8) is 0 Å². The predicted molar refractivity (Wildman–Crippen MR) is 142 cm³/mol. The summed E-state index contributed by atoms with van der Waals surface area (Å²) in [5.41, 5.74) is 2.31. The van der Waals surface area contributed by atoms with E-state index in [-0.39, 0.29) is 48.2 Å². The number of esters is 1. The number of fused-ring (bicyclic) bond motifs is 2. The van der Waals surface area contributed by atoms with E-state index in [0.717, 1.165) is 55.3 Å². The van der Waals surface area contributed by atoms with Crippen LogP contribution < -0.4 is 18.9 Å². The molecule has 0 radical (unpaired) electrons. The zero-order valence-electron chi connectivity index (χ0n) is 22.9. The van der Waals surface area contributed by atoms with Crippen LogP contribution in [0.3, 0.4) is 0 Å². The van der Waals surface area contributed by atoms with Crippen LogP contribution in [0.5, 0.6) is 0 Å². The largest absolute Gasteiger partial charge is 1.00 e. The Kier molecular flexibility index (Phi) is 11.3. The summed E-state index contributed by atoms with van der Waals surface area (Å²) in [4.78, 5) is 23.1. The summed E-state index contributed by atoms with van der Waals surface area (Å²) in [6.45, 7) is 5.05. The first-order valence-electron chi connectivity index (χ1n) is 13.1. The molecule has 6 rings (SSSR count). The first-order chi connectivity index (χ1) is 18.5. The van der Waals surface area contributed by atoms with Crippen LogP contribution in [-0.4, -0.2) is 74.1 Å². The Morgan fingerprint density at radius 3 is 1.80 bits per heavy atom. The number of carboxylic acids is 1. The molecule has 2 saturated heterocycles. The number of carbonyl (C=O) groups excluding carboxylic acids is 1. The second kappa shape index (κ2) is 14.4. The maximum Gasteiger partial charge on any atom is 1.00 e. The summed E-state index contributed by atoms with van der Waals surface area (Å²) < 4.78 is 19.9. The standard InChI is InChI=1S/C15H18N2O3.C13H14N2O3.Li.H2O/c1-2-19-15(18)14-12-7-3-4-8-13(12)17(16-14)10-11-6-5-9-20-11;16-13(17)12-10-5-1-2-6-11(10)15(14-12)8-9-4-3-7-18-9;;/h3-4,7-8,11H,2,5-6,9-10H2,1H3;1-2,5-6,9H,3-4,7-8H2,(H,16,17);;1H2/q;;+1;/p-1. The van der Waals surface area contributed by atoms with Crippen LogP contribution in [0.25, 0.3) is 21.8 Å². The molecule has 208 valence electrons. The summed E-state index contributed by atoms with van der Waals surface area (Å²) in [5.74, 6) is -1.35. The van der Waals surface area contributed by atoms with E-state index in [1.165, 1.54) is 0 Å². The smallest absolute Gasteiger partial charge is 0.870 e. The summed E-state index contributed by atoms with van der Waals surface area (Å²) in [5, 5.41) is 19.3. The summed E-state index contributed by atoms with van der Waals surface area (Å²) >= 11 is 0. The van der Waals surface area contributed by atoms with Crippen molar-refractivity contribution in [3.05, 3.63) is 59.9 Å². The van der Waals surface area contributed by atoms with Gasteiger partial charge in [0.25, 0.3) is 0 Å². The Hall–Kier alpha value is -3.20. The normalized spacial score (nSPS) is 18.0. The maximum absolute atomic E-state index is 12.0. The molecule has 2 unspecified atom stereocenters. The minimum Gasteiger partial charge on any atom is -0.870 e. The van der Waals surface area contributed by atoms with Crippen LogP contribution in [0.15, 0.2) is 48.5 Å². The molecule has 2 atom stereocenters. The monoisotopic (exact) mass is 544 g/mol. The van der Waals surface area contributed by atoms with Crippen molar-refractivity contribution in [3.8, 4) is 0 Å². The third-order valence-corrected chi connectivity index (χ3v) is 6.79. The van der Waals surface area contributed by atoms with Gasteiger partial charge >= 0.3 is 30.8 Å². The fourth-order valence-electron chi connectivity index (χ4n) is 5.00. The summed E-state index contributed by atoms with van der Waals surface area (Å²) in [6, 6.07) is 15.1. The van der Waals surface area contributed by atoms with Gasteiger partial charge in [0.05, 0.1) is 42.9 Å². The fraction of sp³-hybridized carbons (Fsp3) is 0.429. The van der Waals surface area contributed by atoms with E-state index < -0.39 is 5.97 Å². The average molecular weight is 545 g/mol. The van der Waals surface area contributed by atoms with Gasteiger partial charge in [0.15, 0.2) is 11.4 Å². The molecule has 4 heterocycles. The van der Waals surface area contributed by atoms with E-state index in [1.54, 1.807) is 17.7 Å². The molecule has 2 aliphatic heterocycles. The van der Waals surface area contributed by atoms with Crippen molar-refractivity contribution >= 4 is 33.7 Å². The van der Waals surface area contributed by atoms with E-state index >= 15 is 0 Å². The van der Waals surface area contributed by atoms with Crippen LogP contribution in [0, 0.1) is 0 Å². The molecule has 2 aromatic carbocycles. The molecule has 2 aromatic heterocycles. The zero-order chi connectivity index (χ0) is 26.5. The molecule has 0 aliphatic carbocycles. The van der Waals surface area contributed by atoms with Crippen LogP contribution in [0.1, 0.15) is 53.6 Å².